The maximum absolute atomic E-state index is 12.9. The van der Waals surface area contributed by atoms with Gasteiger partial charge in [0.25, 0.3) is 0 Å². The molecule has 1 saturated heterocycles. The molecule has 0 bridgehead atoms. The van der Waals surface area contributed by atoms with Crippen molar-refractivity contribution in [1.82, 2.24) is 20.9 Å². The molecule has 1 aromatic heterocycles. The van der Waals surface area contributed by atoms with Crippen molar-refractivity contribution in [1.29, 1.82) is 0 Å². The number of aldehydes is 1. The van der Waals surface area contributed by atoms with Gasteiger partial charge in [-0.25, -0.2) is 4.79 Å². The zero-order chi connectivity index (χ0) is 23.1. The first kappa shape index (κ1) is 23.7. The standard InChI is InChI=1S/C23H32N4O5/c1-15(2)10-19(21(30)26-18(14-28)11-17-5-9-25-20(17)29)27-22(31)32-23(6-7-23)12-16-4-3-8-24-13-16/h3-4,8,13-15,17-19H,5-7,9-12H2,1-2H3,(H,25,29)(H,26,30)(H,27,31). The second-order valence-electron chi connectivity index (χ2n) is 9.20. The van der Waals surface area contributed by atoms with Crippen LogP contribution in [0.5, 0.6) is 0 Å². The summed E-state index contributed by atoms with van der Waals surface area (Å²) in [6.45, 7) is 4.46. The molecule has 1 aromatic rings. The smallest absolute Gasteiger partial charge is 0.408 e. The first-order valence-corrected chi connectivity index (χ1v) is 11.2. The summed E-state index contributed by atoms with van der Waals surface area (Å²) < 4.78 is 5.69. The van der Waals surface area contributed by atoms with Gasteiger partial charge in [0.15, 0.2) is 0 Å². The Morgan fingerprint density at radius 3 is 2.69 bits per heavy atom. The van der Waals surface area contributed by atoms with Gasteiger partial charge in [-0.1, -0.05) is 19.9 Å². The van der Waals surface area contributed by atoms with E-state index in [0.717, 1.165) is 18.4 Å². The van der Waals surface area contributed by atoms with E-state index in [4.69, 9.17) is 4.74 Å². The quantitative estimate of drug-likeness (QED) is 0.444. The summed E-state index contributed by atoms with van der Waals surface area (Å²) >= 11 is 0. The molecule has 32 heavy (non-hydrogen) atoms. The molecule has 1 saturated carbocycles. The number of pyridine rings is 1. The fourth-order valence-corrected chi connectivity index (χ4v) is 4.01. The molecule has 3 amide bonds. The molecule has 3 unspecified atom stereocenters. The van der Waals surface area contributed by atoms with Crippen molar-refractivity contribution in [3.05, 3.63) is 30.1 Å². The van der Waals surface area contributed by atoms with Crippen LogP contribution < -0.4 is 16.0 Å². The van der Waals surface area contributed by atoms with E-state index in [9.17, 15) is 19.2 Å². The largest absolute Gasteiger partial charge is 0.443 e. The SMILES string of the molecule is CC(C)CC(NC(=O)OC1(Cc2cccnc2)CC1)C(=O)NC(C=O)CC1CCNC1=O. The second-order valence-corrected chi connectivity index (χ2v) is 9.20. The zero-order valence-electron chi connectivity index (χ0n) is 18.6. The summed E-state index contributed by atoms with van der Waals surface area (Å²) in [5.41, 5.74) is 0.423. The van der Waals surface area contributed by atoms with E-state index in [0.29, 0.717) is 32.1 Å². The Balaban J connectivity index is 1.56. The molecule has 9 nitrogen and oxygen atoms in total. The van der Waals surface area contributed by atoms with Crippen molar-refractivity contribution in [2.45, 2.75) is 70.1 Å². The van der Waals surface area contributed by atoms with E-state index >= 15 is 0 Å². The molecule has 1 aliphatic heterocycles. The van der Waals surface area contributed by atoms with E-state index in [1.165, 1.54) is 0 Å². The van der Waals surface area contributed by atoms with Crippen molar-refractivity contribution in [3.8, 4) is 0 Å². The van der Waals surface area contributed by atoms with Crippen LogP contribution in [0.2, 0.25) is 0 Å². The van der Waals surface area contributed by atoms with Crippen molar-refractivity contribution in [2.24, 2.45) is 11.8 Å². The highest BCUT2D eigenvalue weighted by atomic mass is 16.6. The van der Waals surface area contributed by atoms with Crippen LogP contribution in [0.15, 0.2) is 24.5 Å². The number of ether oxygens (including phenoxy) is 1. The van der Waals surface area contributed by atoms with Crippen LogP contribution in [-0.2, 0) is 25.5 Å². The van der Waals surface area contributed by atoms with Gasteiger partial charge in [-0.3, -0.25) is 14.6 Å². The Morgan fingerprint density at radius 1 is 1.34 bits per heavy atom. The van der Waals surface area contributed by atoms with Gasteiger partial charge < -0.3 is 25.5 Å². The molecule has 9 heteroatoms. The van der Waals surface area contributed by atoms with Gasteiger partial charge in [-0.15, -0.1) is 0 Å². The number of amides is 3. The van der Waals surface area contributed by atoms with Crippen molar-refractivity contribution >= 4 is 24.2 Å². The molecule has 2 aliphatic rings. The molecule has 2 heterocycles. The molecular weight excluding hydrogens is 412 g/mol. The molecule has 3 N–H and O–H groups in total. The van der Waals surface area contributed by atoms with Crippen LogP contribution >= 0.6 is 0 Å². The topological polar surface area (TPSA) is 126 Å². The van der Waals surface area contributed by atoms with E-state index in [2.05, 4.69) is 20.9 Å². The zero-order valence-corrected chi connectivity index (χ0v) is 18.6. The van der Waals surface area contributed by atoms with E-state index in [1.54, 1.807) is 12.4 Å². The highest BCUT2D eigenvalue weighted by molar-refractivity contribution is 5.88. The third-order valence-corrected chi connectivity index (χ3v) is 5.87. The van der Waals surface area contributed by atoms with Crippen LogP contribution in [0.1, 0.15) is 51.5 Å². The average molecular weight is 445 g/mol. The Hall–Kier alpha value is -2.97. The minimum Gasteiger partial charge on any atom is -0.443 e. The molecule has 0 radical (unpaired) electrons. The third-order valence-electron chi connectivity index (χ3n) is 5.87. The molecule has 2 fully saturated rings. The van der Waals surface area contributed by atoms with Crippen LogP contribution in [0, 0.1) is 11.8 Å². The summed E-state index contributed by atoms with van der Waals surface area (Å²) in [4.78, 5) is 52.9. The van der Waals surface area contributed by atoms with E-state index in [-0.39, 0.29) is 24.2 Å². The lowest BCUT2D eigenvalue weighted by molar-refractivity contribution is -0.127. The van der Waals surface area contributed by atoms with Gasteiger partial charge >= 0.3 is 6.09 Å². The Labute approximate surface area is 188 Å². The molecular formula is C23H32N4O5. The molecule has 3 rings (SSSR count). The first-order valence-electron chi connectivity index (χ1n) is 11.2. The van der Waals surface area contributed by atoms with Gasteiger partial charge in [0.2, 0.25) is 11.8 Å². The maximum atomic E-state index is 12.9. The lowest BCUT2D eigenvalue weighted by Gasteiger charge is -2.24. The number of alkyl carbamates (subject to hydrolysis) is 1. The maximum Gasteiger partial charge on any atom is 0.408 e. The van der Waals surface area contributed by atoms with Crippen LogP contribution in [0.4, 0.5) is 4.79 Å². The molecule has 0 aromatic carbocycles. The normalized spacial score (nSPS) is 20.7. The van der Waals surface area contributed by atoms with Crippen molar-refractivity contribution in [2.75, 3.05) is 6.54 Å². The Kier molecular flexibility index (Phi) is 7.82. The number of rotatable bonds is 11. The number of carbonyl (C=O) groups excluding carboxylic acids is 4. The fourth-order valence-electron chi connectivity index (χ4n) is 4.01. The number of hydrogen-bond acceptors (Lipinski definition) is 6. The fraction of sp³-hybridized carbons (Fsp3) is 0.609. The molecule has 3 atom stereocenters. The van der Waals surface area contributed by atoms with Crippen molar-refractivity contribution in [3.63, 3.8) is 0 Å². The minimum atomic E-state index is -0.837. The van der Waals surface area contributed by atoms with Gasteiger partial charge in [0, 0.05) is 31.3 Å². The summed E-state index contributed by atoms with van der Waals surface area (Å²) in [7, 11) is 0. The molecule has 1 aliphatic carbocycles. The Bertz CT molecular complexity index is 825. The monoisotopic (exact) mass is 444 g/mol. The van der Waals surface area contributed by atoms with Gasteiger partial charge in [-0.2, -0.15) is 0 Å². The van der Waals surface area contributed by atoms with E-state index in [1.807, 2.05) is 26.0 Å². The predicted octanol–water partition coefficient (Wildman–Crippen LogP) is 1.51. The predicted molar refractivity (Wildman–Crippen MR) is 116 cm³/mol. The van der Waals surface area contributed by atoms with Gasteiger partial charge in [0.05, 0.1) is 6.04 Å². The second kappa shape index (κ2) is 10.6. The van der Waals surface area contributed by atoms with E-state index < -0.39 is 29.7 Å². The minimum absolute atomic E-state index is 0.102. The number of nitrogens with zero attached hydrogens (tertiary/aromatic N) is 1. The first-order chi connectivity index (χ1) is 15.3. The van der Waals surface area contributed by atoms with Crippen molar-refractivity contribution < 1.29 is 23.9 Å². The van der Waals surface area contributed by atoms with Gasteiger partial charge in [0.1, 0.15) is 17.9 Å². The third kappa shape index (κ3) is 6.77. The van der Waals surface area contributed by atoms with Crippen LogP contribution in [0.3, 0.4) is 0 Å². The highest BCUT2D eigenvalue weighted by Crippen LogP contribution is 2.42. The number of aromatic nitrogens is 1. The highest BCUT2D eigenvalue weighted by Gasteiger charge is 2.47. The van der Waals surface area contributed by atoms with Gasteiger partial charge in [-0.05, 0) is 49.7 Å². The lowest BCUT2D eigenvalue weighted by atomic mass is 9.98. The summed E-state index contributed by atoms with van der Waals surface area (Å²) in [5, 5.41) is 8.08. The number of hydrogen-bond donors (Lipinski definition) is 3. The number of carbonyl (C=O) groups is 4. The van der Waals surface area contributed by atoms with Crippen LogP contribution in [0.25, 0.3) is 0 Å². The summed E-state index contributed by atoms with van der Waals surface area (Å²) in [6, 6.07) is 2.15. The lowest BCUT2D eigenvalue weighted by Crippen LogP contribution is -2.51. The average Bonchev–Trinajstić information content (AvgIpc) is 3.37. The summed E-state index contributed by atoms with van der Waals surface area (Å²) in [6.07, 6.45) is 6.80. The Morgan fingerprint density at radius 2 is 2.12 bits per heavy atom. The summed E-state index contributed by atoms with van der Waals surface area (Å²) in [5.74, 6) is -0.723. The molecule has 0 spiro atoms. The van der Waals surface area contributed by atoms with Crippen LogP contribution in [-0.4, -0.2) is 53.4 Å². The number of nitrogens with one attached hydrogen (secondary N) is 3. The molecule has 174 valence electrons.